The van der Waals surface area contributed by atoms with Crippen LogP contribution in [0, 0.1) is 28.4 Å². The van der Waals surface area contributed by atoms with Crippen molar-refractivity contribution in [2.75, 3.05) is 12.4 Å². The van der Waals surface area contributed by atoms with Crippen molar-refractivity contribution in [3.8, 4) is 0 Å². The van der Waals surface area contributed by atoms with Crippen molar-refractivity contribution in [2.24, 2.45) is 11.3 Å². The summed E-state index contributed by atoms with van der Waals surface area (Å²) in [4.78, 5) is 36.6. The van der Waals surface area contributed by atoms with Crippen LogP contribution in [0.1, 0.15) is 53.7 Å². The molecule has 0 fully saturated rings. The second kappa shape index (κ2) is 8.58. The second-order valence-corrected chi connectivity index (χ2v) is 10.2. The van der Waals surface area contributed by atoms with Crippen LogP contribution in [-0.2, 0) is 28.9 Å². The summed E-state index contributed by atoms with van der Waals surface area (Å²) in [6.07, 6.45) is 2.54. The Morgan fingerprint density at radius 1 is 1.42 bits per heavy atom. The molecule has 168 valence electrons. The molecule has 31 heavy (non-hydrogen) atoms. The van der Waals surface area contributed by atoms with Crippen LogP contribution in [-0.4, -0.2) is 33.7 Å². The molecule has 0 aliphatic heterocycles. The maximum Gasteiger partial charge on any atom is 0.408 e. The van der Waals surface area contributed by atoms with E-state index in [0.29, 0.717) is 22.2 Å². The van der Waals surface area contributed by atoms with Crippen LogP contribution in [0.3, 0.4) is 0 Å². The van der Waals surface area contributed by atoms with Crippen LogP contribution in [0.25, 0.3) is 0 Å². The number of esters is 1. The van der Waals surface area contributed by atoms with Gasteiger partial charge in [0.1, 0.15) is 11.5 Å². The summed E-state index contributed by atoms with van der Waals surface area (Å²) < 4.78 is 6.14. The molecule has 2 aromatic heterocycles. The Bertz CT molecular complexity index is 1050. The van der Waals surface area contributed by atoms with Gasteiger partial charge in [-0.15, -0.1) is 11.3 Å². The van der Waals surface area contributed by atoms with Crippen LogP contribution in [0.2, 0.25) is 5.02 Å². The first-order valence-electron chi connectivity index (χ1n) is 9.84. The van der Waals surface area contributed by atoms with Gasteiger partial charge in [-0.3, -0.25) is 4.79 Å². The van der Waals surface area contributed by atoms with E-state index in [1.807, 2.05) is 0 Å². The van der Waals surface area contributed by atoms with E-state index < -0.39 is 22.6 Å². The molecule has 1 aliphatic carbocycles. The lowest BCUT2D eigenvalue weighted by molar-refractivity contribution is -0.389. The zero-order chi connectivity index (χ0) is 23.1. The number of nitrogens with one attached hydrogen (secondary N) is 1. The van der Waals surface area contributed by atoms with Crippen molar-refractivity contribution in [2.45, 2.75) is 53.5 Å². The van der Waals surface area contributed by atoms with Gasteiger partial charge in [-0.25, -0.2) is 4.79 Å². The minimum absolute atomic E-state index is 0.104. The van der Waals surface area contributed by atoms with Gasteiger partial charge in [-0.1, -0.05) is 32.4 Å². The van der Waals surface area contributed by atoms with Gasteiger partial charge in [0, 0.05) is 4.88 Å². The predicted molar refractivity (Wildman–Crippen MR) is 118 cm³/mol. The molecule has 0 radical (unpaired) electrons. The van der Waals surface area contributed by atoms with Gasteiger partial charge in [0.25, 0.3) is 0 Å². The molecule has 0 saturated carbocycles. The van der Waals surface area contributed by atoms with Crippen LogP contribution in [0.5, 0.6) is 0 Å². The van der Waals surface area contributed by atoms with Crippen LogP contribution < -0.4 is 5.32 Å². The van der Waals surface area contributed by atoms with E-state index in [1.165, 1.54) is 23.1 Å². The van der Waals surface area contributed by atoms with Gasteiger partial charge in [-0.05, 0) is 48.0 Å². The third-order valence-corrected chi connectivity index (χ3v) is 7.33. The predicted octanol–water partition coefficient (Wildman–Crippen LogP) is 4.39. The van der Waals surface area contributed by atoms with Gasteiger partial charge >= 0.3 is 11.8 Å². The lowest BCUT2D eigenvalue weighted by Crippen LogP contribution is -2.26. The van der Waals surface area contributed by atoms with E-state index in [-0.39, 0.29) is 17.0 Å². The van der Waals surface area contributed by atoms with Gasteiger partial charge in [0.05, 0.1) is 23.5 Å². The Morgan fingerprint density at radius 2 is 2.10 bits per heavy atom. The molecule has 2 aromatic rings. The molecule has 0 bridgehead atoms. The zero-order valence-corrected chi connectivity index (χ0v) is 19.6. The maximum atomic E-state index is 12.7. The average molecular weight is 469 g/mol. The summed E-state index contributed by atoms with van der Waals surface area (Å²) in [5.41, 5.74) is 1.78. The first-order chi connectivity index (χ1) is 14.4. The zero-order valence-electron chi connectivity index (χ0n) is 18.1. The minimum Gasteiger partial charge on any atom is -0.465 e. The molecule has 1 aliphatic rings. The number of hydrogen-bond acceptors (Lipinski definition) is 7. The van der Waals surface area contributed by atoms with E-state index in [9.17, 15) is 19.7 Å². The molecular weight excluding hydrogens is 444 g/mol. The number of carbonyl (C=O) groups is 2. The molecule has 1 amide bonds. The number of nitrogens with zero attached hydrogens (tertiary/aromatic N) is 3. The number of aromatic nitrogens is 2. The van der Waals surface area contributed by atoms with Crippen molar-refractivity contribution >= 4 is 45.6 Å². The van der Waals surface area contributed by atoms with Crippen molar-refractivity contribution in [3.05, 3.63) is 36.8 Å². The molecule has 1 N–H and O–H groups in total. The van der Waals surface area contributed by atoms with Crippen molar-refractivity contribution in [1.29, 1.82) is 0 Å². The summed E-state index contributed by atoms with van der Waals surface area (Å²) in [6, 6.07) is 0. The molecule has 9 nitrogen and oxygen atoms in total. The number of methoxy groups -OCH3 is 1. The van der Waals surface area contributed by atoms with Crippen molar-refractivity contribution in [1.82, 2.24) is 9.78 Å². The quantitative estimate of drug-likeness (QED) is 0.395. The van der Waals surface area contributed by atoms with Crippen LogP contribution in [0.15, 0.2) is 0 Å². The molecule has 2 heterocycles. The number of fused-ring (bicyclic) bond motifs is 1. The Balaban J connectivity index is 1.87. The fourth-order valence-electron chi connectivity index (χ4n) is 3.81. The third kappa shape index (κ3) is 4.59. The van der Waals surface area contributed by atoms with E-state index in [1.54, 1.807) is 6.92 Å². The number of nitro groups is 1. The molecule has 3 rings (SSSR count). The van der Waals surface area contributed by atoms with Gasteiger partial charge in [0.2, 0.25) is 5.91 Å². The number of ether oxygens (including phenoxy) is 1. The third-order valence-electron chi connectivity index (χ3n) is 5.72. The van der Waals surface area contributed by atoms with Crippen LogP contribution in [0.4, 0.5) is 10.8 Å². The Labute approximate surface area is 188 Å². The largest absolute Gasteiger partial charge is 0.465 e. The number of halogens is 1. The Morgan fingerprint density at radius 3 is 2.65 bits per heavy atom. The summed E-state index contributed by atoms with van der Waals surface area (Å²) in [5, 5.41) is 17.9. The van der Waals surface area contributed by atoms with Crippen molar-refractivity contribution < 1.29 is 19.2 Å². The average Bonchev–Trinajstić information content (AvgIpc) is 3.18. The Kier molecular flexibility index (Phi) is 6.43. The molecule has 0 aromatic carbocycles. The molecule has 1 atom stereocenters. The minimum atomic E-state index is -0.696. The van der Waals surface area contributed by atoms with Crippen LogP contribution >= 0.6 is 22.9 Å². The fourth-order valence-corrected chi connectivity index (χ4v) is 5.35. The summed E-state index contributed by atoms with van der Waals surface area (Å²) in [6.45, 7) is 7.89. The van der Waals surface area contributed by atoms with E-state index in [0.717, 1.165) is 29.7 Å². The SMILES string of the molecule is COC(=O)c1c(NC(=O)Cn2nc([N+](=O)[O-])c(Cl)c2C)sc2c1CCC(C(C)(C)C)C2. The van der Waals surface area contributed by atoms with Gasteiger partial charge in [0.15, 0.2) is 5.02 Å². The maximum absolute atomic E-state index is 12.7. The Hall–Kier alpha value is -2.46. The lowest BCUT2D eigenvalue weighted by Gasteiger charge is -2.33. The van der Waals surface area contributed by atoms with E-state index in [4.69, 9.17) is 16.3 Å². The van der Waals surface area contributed by atoms with E-state index in [2.05, 4.69) is 31.2 Å². The standard InChI is InChI=1S/C20H25ClN4O5S/c1-10-16(21)17(25(28)29)23-24(10)9-14(26)22-18-15(19(27)30-5)12-7-6-11(20(2,3)4)8-13(12)31-18/h11H,6-9H2,1-5H3,(H,22,26). The van der Waals surface area contributed by atoms with Gasteiger partial charge in [-0.2, -0.15) is 4.68 Å². The highest BCUT2D eigenvalue weighted by Gasteiger charge is 2.34. The smallest absolute Gasteiger partial charge is 0.408 e. The summed E-state index contributed by atoms with van der Waals surface area (Å²) in [7, 11) is 1.31. The normalized spacial score (nSPS) is 16.0. The monoisotopic (exact) mass is 468 g/mol. The first kappa shape index (κ1) is 23.2. The molecule has 1 unspecified atom stereocenters. The molecule has 0 spiro atoms. The van der Waals surface area contributed by atoms with E-state index >= 15 is 0 Å². The van der Waals surface area contributed by atoms with Gasteiger partial charge < -0.3 is 20.2 Å². The molecular formula is C20H25ClN4O5S. The number of amides is 1. The first-order valence-corrected chi connectivity index (χ1v) is 11.0. The fraction of sp³-hybridized carbons (Fsp3) is 0.550. The number of carbonyl (C=O) groups excluding carboxylic acids is 2. The second-order valence-electron chi connectivity index (χ2n) is 8.69. The number of rotatable bonds is 5. The molecule has 0 saturated heterocycles. The number of hydrogen-bond donors (Lipinski definition) is 1. The highest BCUT2D eigenvalue weighted by molar-refractivity contribution is 7.17. The topological polar surface area (TPSA) is 116 Å². The lowest BCUT2D eigenvalue weighted by atomic mass is 9.72. The summed E-state index contributed by atoms with van der Waals surface area (Å²) >= 11 is 7.33. The highest BCUT2D eigenvalue weighted by atomic mass is 35.5. The summed E-state index contributed by atoms with van der Waals surface area (Å²) in [5.74, 6) is -0.978. The molecule has 11 heteroatoms. The number of thiophene rings is 1. The number of anilines is 1. The highest BCUT2D eigenvalue weighted by Crippen LogP contribution is 2.44. The van der Waals surface area contributed by atoms with Crippen molar-refractivity contribution in [3.63, 3.8) is 0 Å².